The topological polar surface area (TPSA) is 60.4 Å². The molecular formula is C11H13ClO4S2. The van der Waals surface area contributed by atoms with Crippen molar-refractivity contribution in [2.75, 3.05) is 6.61 Å². The Balaban J connectivity index is 2.01. The second-order valence-electron chi connectivity index (χ2n) is 4.34. The van der Waals surface area contributed by atoms with Crippen molar-refractivity contribution >= 4 is 37.0 Å². The lowest BCUT2D eigenvalue weighted by Crippen LogP contribution is -2.05. The molecule has 0 spiro atoms. The van der Waals surface area contributed by atoms with Crippen molar-refractivity contribution in [1.82, 2.24) is 0 Å². The van der Waals surface area contributed by atoms with Gasteiger partial charge in [-0.3, -0.25) is 0 Å². The summed E-state index contributed by atoms with van der Waals surface area (Å²) in [6, 6.07) is 1.28. The molecular weight excluding hydrogens is 296 g/mol. The first kappa shape index (κ1) is 13.8. The van der Waals surface area contributed by atoms with Crippen LogP contribution in [-0.4, -0.2) is 21.0 Å². The molecule has 0 unspecified atom stereocenters. The van der Waals surface area contributed by atoms with E-state index in [-0.39, 0.29) is 9.77 Å². The number of carbonyl (C=O) groups is 1. The fourth-order valence-electron chi connectivity index (χ4n) is 1.60. The number of esters is 1. The smallest absolute Gasteiger partial charge is 0.348 e. The van der Waals surface area contributed by atoms with E-state index in [2.05, 4.69) is 0 Å². The van der Waals surface area contributed by atoms with Gasteiger partial charge in [0.15, 0.2) is 0 Å². The summed E-state index contributed by atoms with van der Waals surface area (Å²) in [5, 5.41) is 0. The van der Waals surface area contributed by atoms with Gasteiger partial charge in [0.1, 0.15) is 4.88 Å². The Bertz CT molecular complexity index is 558. The van der Waals surface area contributed by atoms with Crippen LogP contribution in [-0.2, 0) is 13.8 Å². The summed E-state index contributed by atoms with van der Waals surface area (Å²) in [4.78, 5) is 12.5. The predicted octanol–water partition coefficient (Wildman–Crippen LogP) is 2.94. The summed E-state index contributed by atoms with van der Waals surface area (Å²) in [5.41, 5.74) is 0. The van der Waals surface area contributed by atoms with Crippen LogP contribution < -0.4 is 0 Å². The fourth-order valence-corrected chi connectivity index (χ4v) is 4.16. The monoisotopic (exact) mass is 308 g/mol. The second-order valence-corrected chi connectivity index (χ2v) is 8.13. The predicted molar refractivity (Wildman–Crippen MR) is 69.7 cm³/mol. The molecule has 18 heavy (non-hydrogen) atoms. The number of halogens is 1. The molecule has 0 radical (unpaired) electrons. The molecule has 0 bridgehead atoms. The summed E-state index contributed by atoms with van der Waals surface area (Å²) in [6.45, 7) is 2.00. The van der Waals surface area contributed by atoms with Gasteiger partial charge in [-0.05, 0) is 25.3 Å². The van der Waals surface area contributed by atoms with Crippen LogP contribution in [0.3, 0.4) is 0 Å². The minimum atomic E-state index is -3.80. The molecule has 0 N–H and O–H groups in total. The SMILES string of the molecule is Cc1sc(C(=O)OCCC2CC2)cc1S(=O)(=O)Cl. The first-order valence-electron chi connectivity index (χ1n) is 5.60. The van der Waals surface area contributed by atoms with E-state index in [1.54, 1.807) is 6.92 Å². The standard InChI is InChI=1S/C11H13ClO4S2/c1-7-10(18(12,14)15)6-9(17-7)11(13)16-5-4-8-2-3-8/h6,8H,2-5H2,1H3. The molecule has 0 saturated heterocycles. The maximum atomic E-state index is 11.7. The van der Waals surface area contributed by atoms with Crippen LogP contribution in [0.5, 0.6) is 0 Å². The molecule has 1 aromatic heterocycles. The summed E-state index contributed by atoms with van der Waals surface area (Å²) in [7, 11) is 1.47. The van der Waals surface area contributed by atoms with E-state index in [9.17, 15) is 13.2 Å². The lowest BCUT2D eigenvalue weighted by Gasteiger charge is -2.01. The number of hydrogen-bond donors (Lipinski definition) is 0. The van der Waals surface area contributed by atoms with Gasteiger partial charge in [0, 0.05) is 15.6 Å². The van der Waals surface area contributed by atoms with E-state index in [0.717, 1.165) is 17.8 Å². The summed E-state index contributed by atoms with van der Waals surface area (Å²) < 4.78 is 27.5. The van der Waals surface area contributed by atoms with Gasteiger partial charge in [-0.25, -0.2) is 13.2 Å². The van der Waals surface area contributed by atoms with Gasteiger partial charge in [0.05, 0.1) is 11.5 Å². The molecule has 1 fully saturated rings. The highest BCUT2D eigenvalue weighted by atomic mass is 35.7. The first-order chi connectivity index (χ1) is 8.38. The Morgan fingerprint density at radius 3 is 2.72 bits per heavy atom. The van der Waals surface area contributed by atoms with Gasteiger partial charge in [-0.1, -0.05) is 12.8 Å². The Labute approximate surface area is 114 Å². The number of thiophene rings is 1. The van der Waals surface area contributed by atoms with Crippen molar-refractivity contribution < 1.29 is 17.9 Å². The van der Waals surface area contributed by atoms with E-state index < -0.39 is 15.0 Å². The number of aryl methyl sites for hydroxylation is 1. The Kier molecular flexibility index (Phi) is 3.99. The maximum absolute atomic E-state index is 11.7. The molecule has 0 amide bonds. The van der Waals surface area contributed by atoms with Gasteiger partial charge in [-0.2, -0.15) is 0 Å². The molecule has 4 nitrogen and oxygen atoms in total. The largest absolute Gasteiger partial charge is 0.461 e. The van der Waals surface area contributed by atoms with Crippen molar-refractivity contribution in [2.24, 2.45) is 5.92 Å². The normalized spacial score (nSPS) is 15.7. The molecule has 2 rings (SSSR count). The average molecular weight is 309 g/mol. The highest BCUT2D eigenvalue weighted by Crippen LogP contribution is 2.32. The van der Waals surface area contributed by atoms with Crippen molar-refractivity contribution in [3.05, 3.63) is 15.8 Å². The van der Waals surface area contributed by atoms with E-state index in [0.29, 0.717) is 17.4 Å². The van der Waals surface area contributed by atoms with Gasteiger partial charge < -0.3 is 4.74 Å². The van der Waals surface area contributed by atoms with E-state index >= 15 is 0 Å². The Morgan fingerprint density at radius 2 is 2.22 bits per heavy atom. The number of ether oxygens (including phenoxy) is 1. The van der Waals surface area contributed by atoms with E-state index in [1.807, 2.05) is 0 Å². The molecule has 0 aliphatic heterocycles. The number of hydrogen-bond acceptors (Lipinski definition) is 5. The zero-order valence-electron chi connectivity index (χ0n) is 9.81. The third kappa shape index (κ3) is 3.46. The molecule has 1 aromatic rings. The molecule has 100 valence electrons. The minimum absolute atomic E-state index is 0.0108. The lowest BCUT2D eigenvalue weighted by molar-refractivity contribution is 0.0500. The quantitative estimate of drug-likeness (QED) is 0.620. The lowest BCUT2D eigenvalue weighted by atomic mass is 10.3. The molecule has 0 atom stereocenters. The minimum Gasteiger partial charge on any atom is -0.461 e. The van der Waals surface area contributed by atoms with Gasteiger partial charge in [0.2, 0.25) is 0 Å². The highest BCUT2D eigenvalue weighted by Gasteiger charge is 2.23. The van der Waals surface area contributed by atoms with Crippen LogP contribution in [0, 0.1) is 12.8 Å². The van der Waals surface area contributed by atoms with Gasteiger partial charge in [-0.15, -0.1) is 11.3 Å². The highest BCUT2D eigenvalue weighted by molar-refractivity contribution is 8.13. The van der Waals surface area contributed by atoms with Crippen LogP contribution in [0.4, 0.5) is 0 Å². The third-order valence-corrected chi connectivity index (χ3v) is 5.40. The molecule has 0 aromatic carbocycles. The maximum Gasteiger partial charge on any atom is 0.348 e. The number of carbonyl (C=O) groups excluding carboxylic acids is 1. The average Bonchev–Trinajstić information content (AvgIpc) is 2.98. The molecule has 7 heteroatoms. The zero-order valence-corrected chi connectivity index (χ0v) is 12.2. The zero-order chi connectivity index (χ0) is 13.3. The number of rotatable bonds is 5. The van der Waals surface area contributed by atoms with Crippen molar-refractivity contribution in [1.29, 1.82) is 0 Å². The van der Waals surface area contributed by atoms with Crippen molar-refractivity contribution in [3.63, 3.8) is 0 Å². The molecule has 1 saturated carbocycles. The summed E-state index contributed by atoms with van der Waals surface area (Å²) in [6.07, 6.45) is 3.31. The third-order valence-electron chi connectivity index (χ3n) is 2.79. The fraction of sp³-hybridized carbons (Fsp3) is 0.545. The summed E-state index contributed by atoms with van der Waals surface area (Å²) >= 11 is 1.09. The molecule has 1 heterocycles. The summed E-state index contributed by atoms with van der Waals surface area (Å²) in [5.74, 6) is 0.219. The van der Waals surface area contributed by atoms with Crippen LogP contribution >= 0.6 is 22.0 Å². The van der Waals surface area contributed by atoms with E-state index in [4.69, 9.17) is 15.4 Å². The molecule has 1 aliphatic carbocycles. The molecule has 1 aliphatic rings. The van der Waals surface area contributed by atoms with Gasteiger partial charge in [0.25, 0.3) is 9.05 Å². The van der Waals surface area contributed by atoms with Crippen LogP contribution in [0.2, 0.25) is 0 Å². The van der Waals surface area contributed by atoms with Crippen LogP contribution in [0.15, 0.2) is 11.0 Å². The van der Waals surface area contributed by atoms with Crippen molar-refractivity contribution in [3.8, 4) is 0 Å². The second kappa shape index (κ2) is 5.19. The van der Waals surface area contributed by atoms with Crippen LogP contribution in [0.25, 0.3) is 0 Å². The Hall–Kier alpha value is -0.590. The first-order valence-corrected chi connectivity index (χ1v) is 8.72. The van der Waals surface area contributed by atoms with E-state index in [1.165, 1.54) is 18.9 Å². The van der Waals surface area contributed by atoms with Crippen LogP contribution in [0.1, 0.15) is 33.8 Å². The van der Waals surface area contributed by atoms with Gasteiger partial charge >= 0.3 is 5.97 Å². The Morgan fingerprint density at radius 1 is 1.56 bits per heavy atom. The van der Waals surface area contributed by atoms with Crippen molar-refractivity contribution in [2.45, 2.75) is 31.1 Å².